The van der Waals surface area contributed by atoms with Crippen molar-refractivity contribution in [3.05, 3.63) is 46.9 Å². The van der Waals surface area contributed by atoms with Crippen LogP contribution >= 0.6 is 23.4 Å². The molecule has 1 saturated heterocycles. The summed E-state index contributed by atoms with van der Waals surface area (Å²) in [5.41, 5.74) is -1.01. The summed E-state index contributed by atoms with van der Waals surface area (Å²) in [4.78, 5) is 4.07. The van der Waals surface area contributed by atoms with Crippen molar-refractivity contribution in [2.45, 2.75) is 35.0 Å². The zero-order valence-corrected chi connectivity index (χ0v) is 18.7. The summed E-state index contributed by atoms with van der Waals surface area (Å²) in [5, 5.41) is 47.8. The SMILES string of the molecule is N#CC1=NCC(S[C@H]2OC(CO)[C@H](O)C(n3cc(-c4cc(F)c(F)c(F)c4)nn3)C2O)C=C1Cl. The lowest BCUT2D eigenvalue weighted by Gasteiger charge is -2.42. The van der Waals surface area contributed by atoms with Crippen LogP contribution in [0.5, 0.6) is 0 Å². The normalized spacial score (nSPS) is 29.4. The Balaban J connectivity index is 1.59. The summed E-state index contributed by atoms with van der Waals surface area (Å²) in [6.45, 7) is -0.377. The highest BCUT2D eigenvalue weighted by Crippen LogP contribution is 2.38. The van der Waals surface area contributed by atoms with E-state index < -0.39 is 53.8 Å². The number of dihydropyridines is 1. The number of halogens is 4. The number of rotatable bonds is 5. The highest BCUT2D eigenvalue weighted by atomic mass is 35.5. The van der Waals surface area contributed by atoms with Crippen LogP contribution in [0.15, 0.2) is 34.4 Å². The second kappa shape index (κ2) is 10.0. The topological polar surface area (TPSA) is 137 Å². The van der Waals surface area contributed by atoms with Gasteiger partial charge in [0.05, 0.1) is 24.4 Å². The summed E-state index contributed by atoms with van der Waals surface area (Å²) >= 11 is 7.16. The van der Waals surface area contributed by atoms with E-state index in [9.17, 15) is 28.5 Å². The van der Waals surface area contributed by atoms with Gasteiger partial charge in [-0.3, -0.25) is 4.99 Å². The van der Waals surface area contributed by atoms with Crippen molar-refractivity contribution in [3.63, 3.8) is 0 Å². The van der Waals surface area contributed by atoms with E-state index in [1.807, 2.05) is 6.07 Å². The largest absolute Gasteiger partial charge is 0.394 e. The Labute approximate surface area is 200 Å². The van der Waals surface area contributed by atoms with Gasteiger partial charge in [-0.2, -0.15) is 5.26 Å². The maximum atomic E-state index is 13.6. The molecule has 0 spiro atoms. The van der Waals surface area contributed by atoms with Crippen molar-refractivity contribution in [2.75, 3.05) is 13.2 Å². The first kappa shape index (κ1) is 24.6. The van der Waals surface area contributed by atoms with E-state index in [1.54, 1.807) is 6.08 Å². The number of allylic oxidation sites excluding steroid dienone is 1. The first-order valence-electron chi connectivity index (χ1n) is 9.90. The Kier molecular flexibility index (Phi) is 7.27. The molecule has 2 aromatic rings. The van der Waals surface area contributed by atoms with Gasteiger partial charge in [0.2, 0.25) is 0 Å². The molecule has 180 valence electrons. The summed E-state index contributed by atoms with van der Waals surface area (Å²) in [7, 11) is 0. The molecule has 14 heteroatoms. The molecule has 0 saturated carbocycles. The molecule has 1 fully saturated rings. The molecule has 3 heterocycles. The van der Waals surface area contributed by atoms with Gasteiger partial charge in [-0.25, -0.2) is 17.9 Å². The fraction of sp³-hybridized carbons (Fsp3) is 0.400. The minimum absolute atomic E-state index is 0.0335. The average molecular weight is 516 g/mol. The fourth-order valence-corrected chi connectivity index (χ4v) is 5.22. The van der Waals surface area contributed by atoms with Crippen molar-refractivity contribution in [3.8, 4) is 17.3 Å². The second-order valence-electron chi connectivity index (χ2n) is 7.53. The molecule has 3 N–H and O–H groups in total. The zero-order valence-electron chi connectivity index (χ0n) is 17.1. The van der Waals surface area contributed by atoms with Gasteiger partial charge >= 0.3 is 0 Å². The summed E-state index contributed by atoms with van der Waals surface area (Å²) in [5.74, 6) is -4.44. The van der Waals surface area contributed by atoms with E-state index in [-0.39, 0.29) is 33.8 Å². The van der Waals surface area contributed by atoms with Gasteiger partial charge in [0.15, 0.2) is 23.2 Å². The van der Waals surface area contributed by atoms with Crippen LogP contribution in [-0.2, 0) is 4.74 Å². The number of hydrogen-bond donors (Lipinski definition) is 3. The van der Waals surface area contributed by atoms with Crippen molar-refractivity contribution >= 4 is 29.1 Å². The summed E-state index contributed by atoms with van der Waals surface area (Å²) in [6.07, 6.45) is -1.06. The van der Waals surface area contributed by atoms with E-state index in [4.69, 9.17) is 21.6 Å². The van der Waals surface area contributed by atoms with Crippen LogP contribution < -0.4 is 0 Å². The molecule has 2 aliphatic heterocycles. The Morgan fingerprint density at radius 1 is 1.24 bits per heavy atom. The molecule has 1 aromatic carbocycles. The monoisotopic (exact) mass is 515 g/mol. The van der Waals surface area contributed by atoms with Crippen LogP contribution in [0.2, 0.25) is 0 Å². The summed E-state index contributed by atoms with van der Waals surface area (Å²) < 4.78 is 47.3. The van der Waals surface area contributed by atoms with Crippen LogP contribution in [0.1, 0.15) is 6.04 Å². The van der Waals surface area contributed by atoms with E-state index in [1.165, 1.54) is 6.20 Å². The van der Waals surface area contributed by atoms with Crippen LogP contribution in [0, 0.1) is 28.8 Å². The Morgan fingerprint density at radius 3 is 2.56 bits per heavy atom. The Hall–Kier alpha value is -2.47. The van der Waals surface area contributed by atoms with Crippen LogP contribution in [0.4, 0.5) is 13.2 Å². The smallest absolute Gasteiger partial charge is 0.194 e. The van der Waals surface area contributed by atoms with Gasteiger partial charge in [-0.1, -0.05) is 16.8 Å². The molecular weight excluding hydrogens is 499 g/mol. The minimum atomic E-state index is -1.62. The molecule has 4 unspecified atom stereocenters. The Bertz CT molecular complexity index is 1170. The first-order chi connectivity index (χ1) is 16.2. The van der Waals surface area contributed by atoms with Crippen molar-refractivity contribution in [1.82, 2.24) is 15.0 Å². The predicted molar refractivity (Wildman–Crippen MR) is 115 cm³/mol. The molecular formula is C20H17ClF3N5O4S. The van der Waals surface area contributed by atoms with Crippen molar-refractivity contribution in [1.29, 1.82) is 5.26 Å². The lowest BCUT2D eigenvalue weighted by molar-refractivity contribution is -0.178. The van der Waals surface area contributed by atoms with E-state index in [2.05, 4.69) is 15.3 Å². The third-order valence-electron chi connectivity index (χ3n) is 5.35. The number of nitrogens with zero attached hydrogens (tertiary/aromatic N) is 5. The Morgan fingerprint density at radius 2 is 1.94 bits per heavy atom. The number of aliphatic imine (C=N–C) groups is 1. The quantitative estimate of drug-likeness (QED) is 0.510. The molecule has 1 aromatic heterocycles. The molecule has 0 amide bonds. The average Bonchev–Trinajstić information content (AvgIpc) is 3.29. The zero-order chi connectivity index (χ0) is 24.6. The molecule has 4 rings (SSSR count). The molecule has 6 atom stereocenters. The standard InChI is InChI=1S/C20H17ClF3N5O4S/c21-10-3-9(5-26-13(10)4-25)34-20-19(32)17(18(31)15(7-30)33-20)29-6-14(27-28-29)8-1-11(22)16(24)12(23)2-8/h1-3,6,9,15,17-20,30-32H,5,7H2/t9?,15?,17?,18-,19?,20+/m0/s1. The van der Waals surface area contributed by atoms with E-state index >= 15 is 0 Å². The first-order valence-corrected chi connectivity index (χ1v) is 11.2. The number of benzene rings is 1. The number of nitriles is 1. The van der Waals surface area contributed by atoms with E-state index in [0.717, 1.165) is 28.6 Å². The lowest BCUT2D eigenvalue weighted by atomic mass is 9.97. The molecule has 0 radical (unpaired) electrons. The third-order valence-corrected chi connectivity index (χ3v) is 6.94. The van der Waals surface area contributed by atoms with Gasteiger partial charge in [0, 0.05) is 10.8 Å². The molecule has 2 aliphatic rings. The van der Waals surface area contributed by atoms with Gasteiger partial charge < -0.3 is 20.1 Å². The maximum Gasteiger partial charge on any atom is 0.194 e. The van der Waals surface area contributed by atoms with Gasteiger partial charge in [0.1, 0.15) is 41.6 Å². The van der Waals surface area contributed by atoms with Crippen molar-refractivity contribution < 1.29 is 33.2 Å². The minimum Gasteiger partial charge on any atom is -0.394 e. The van der Waals surface area contributed by atoms with Crippen LogP contribution in [0.3, 0.4) is 0 Å². The van der Waals surface area contributed by atoms with Gasteiger partial charge in [-0.15, -0.1) is 16.9 Å². The highest BCUT2D eigenvalue weighted by molar-refractivity contribution is 8.00. The van der Waals surface area contributed by atoms with Crippen LogP contribution in [0.25, 0.3) is 11.3 Å². The molecule has 0 aliphatic carbocycles. The van der Waals surface area contributed by atoms with Gasteiger partial charge in [-0.05, 0) is 18.2 Å². The van der Waals surface area contributed by atoms with Crippen LogP contribution in [-0.4, -0.2) is 78.2 Å². The number of aromatic nitrogens is 3. The maximum absolute atomic E-state index is 13.6. The highest BCUT2D eigenvalue weighted by Gasteiger charge is 2.47. The van der Waals surface area contributed by atoms with E-state index in [0.29, 0.717) is 0 Å². The molecule has 34 heavy (non-hydrogen) atoms. The van der Waals surface area contributed by atoms with Crippen molar-refractivity contribution in [2.24, 2.45) is 4.99 Å². The number of aliphatic hydroxyl groups excluding tert-OH is 3. The third kappa shape index (κ3) is 4.70. The number of ether oxygens (including phenoxy) is 1. The summed E-state index contributed by atoms with van der Waals surface area (Å²) in [6, 6.07) is 2.21. The number of hydrogen-bond acceptors (Lipinski definition) is 9. The second-order valence-corrected chi connectivity index (χ2v) is 9.27. The number of aliphatic hydroxyl groups is 3. The number of thioether (sulfide) groups is 1. The fourth-order valence-electron chi connectivity index (χ4n) is 3.65. The van der Waals surface area contributed by atoms with Gasteiger partial charge in [0.25, 0.3) is 0 Å². The molecule has 0 bridgehead atoms. The predicted octanol–water partition coefficient (Wildman–Crippen LogP) is 1.55. The molecule has 9 nitrogen and oxygen atoms in total. The lowest BCUT2D eigenvalue weighted by Crippen LogP contribution is -2.55.